The normalized spacial score (nSPS) is 23.5. The first kappa shape index (κ1) is 16.8. The second-order valence-corrected chi connectivity index (χ2v) is 6.70. The average Bonchev–Trinajstić information content (AvgIpc) is 2.65. The maximum atomic E-state index is 12.4. The zero-order chi connectivity index (χ0) is 16.1. The van der Waals surface area contributed by atoms with Crippen LogP contribution < -0.4 is 5.32 Å². The molecule has 124 valence electrons. The van der Waals surface area contributed by atoms with Crippen LogP contribution in [-0.2, 0) is 9.59 Å². The smallest absolute Gasteiger partial charge is 0.325 e. The summed E-state index contributed by atoms with van der Waals surface area (Å²) in [5.74, 6) is -0.0612. The molecule has 1 atom stereocenters. The molecular weight excluding hydrogens is 282 g/mol. The molecule has 6 heteroatoms. The SMILES string of the molecule is CC(C)C[C@H]1NC(=O)N(CC(=O)N2CCCCCCC2)C1=O. The van der Waals surface area contributed by atoms with E-state index in [0.29, 0.717) is 12.3 Å². The number of urea groups is 1. The molecule has 0 bridgehead atoms. The van der Waals surface area contributed by atoms with E-state index in [4.69, 9.17) is 0 Å². The van der Waals surface area contributed by atoms with Crippen LogP contribution in [0.25, 0.3) is 0 Å². The quantitative estimate of drug-likeness (QED) is 0.804. The van der Waals surface area contributed by atoms with Crippen LogP contribution in [0.4, 0.5) is 4.79 Å². The molecule has 0 radical (unpaired) electrons. The van der Waals surface area contributed by atoms with Crippen molar-refractivity contribution in [2.75, 3.05) is 19.6 Å². The molecule has 0 aliphatic carbocycles. The maximum absolute atomic E-state index is 12.4. The minimum Gasteiger partial charge on any atom is -0.341 e. The summed E-state index contributed by atoms with van der Waals surface area (Å²) in [5, 5.41) is 2.68. The molecule has 4 amide bonds. The van der Waals surface area contributed by atoms with Crippen LogP contribution in [0, 0.1) is 5.92 Å². The standard InChI is InChI=1S/C16H27N3O3/c1-12(2)10-13-15(21)19(16(22)17-13)11-14(20)18-8-6-4-3-5-7-9-18/h12-13H,3-11H2,1-2H3,(H,17,22)/t13-/m1/s1. The third-order valence-corrected chi connectivity index (χ3v) is 4.32. The van der Waals surface area contributed by atoms with Gasteiger partial charge < -0.3 is 10.2 Å². The summed E-state index contributed by atoms with van der Waals surface area (Å²) in [7, 11) is 0. The zero-order valence-electron chi connectivity index (χ0n) is 13.6. The van der Waals surface area contributed by atoms with E-state index < -0.39 is 12.1 Å². The van der Waals surface area contributed by atoms with Gasteiger partial charge in [-0.15, -0.1) is 0 Å². The van der Waals surface area contributed by atoms with Crippen LogP contribution in [0.1, 0.15) is 52.4 Å². The Balaban J connectivity index is 1.92. The van der Waals surface area contributed by atoms with Crippen molar-refractivity contribution in [2.24, 2.45) is 5.92 Å². The number of hydrogen-bond donors (Lipinski definition) is 1. The molecule has 2 heterocycles. The zero-order valence-corrected chi connectivity index (χ0v) is 13.6. The second kappa shape index (κ2) is 7.61. The van der Waals surface area contributed by atoms with E-state index in [1.807, 2.05) is 13.8 Å². The van der Waals surface area contributed by atoms with Gasteiger partial charge in [0.1, 0.15) is 12.6 Å². The van der Waals surface area contributed by atoms with Crippen LogP contribution >= 0.6 is 0 Å². The highest BCUT2D eigenvalue weighted by Crippen LogP contribution is 2.15. The minimum absolute atomic E-state index is 0.115. The molecule has 2 aliphatic heterocycles. The first-order valence-corrected chi connectivity index (χ1v) is 8.38. The van der Waals surface area contributed by atoms with Crippen molar-refractivity contribution in [3.63, 3.8) is 0 Å². The van der Waals surface area contributed by atoms with Crippen LogP contribution in [0.15, 0.2) is 0 Å². The van der Waals surface area contributed by atoms with Crippen molar-refractivity contribution in [2.45, 2.75) is 58.4 Å². The van der Waals surface area contributed by atoms with Crippen LogP contribution in [0.2, 0.25) is 0 Å². The Morgan fingerprint density at radius 2 is 1.73 bits per heavy atom. The molecule has 0 unspecified atom stereocenters. The van der Waals surface area contributed by atoms with Crippen LogP contribution in [0.3, 0.4) is 0 Å². The molecule has 2 fully saturated rings. The van der Waals surface area contributed by atoms with Crippen molar-refractivity contribution in [1.82, 2.24) is 15.1 Å². The Morgan fingerprint density at radius 1 is 1.14 bits per heavy atom. The lowest BCUT2D eigenvalue weighted by atomic mass is 10.0. The lowest BCUT2D eigenvalue weighted by molar-refractivity contribution is -0.137. The summed E-state index contributed by atoms with van der Waals surface area (Å²) in [5.41, 5.74) is 0. The van der Waals surface area contributed by atoms with Gasteiger partial charge in [-0.1, -0.05) is 33.1 Å². The highest BCUT2D eigenvalue weighted by atomic mass is 16.2. The van der Waals surface area contributed by atoms with Crippen LogP contribution in [-0.4, -0.2) is 53.3 Å². The first-order chi connectivity index (χ1) is 10.5. The van der Waals surface area contributed by atoms with E-state index in [1.165, 1.54) is 6.42 Å². The van der Waals surface area contributed by atoms with E-state index in [2.05, 4.69) is 5.32 Å². The van der Waals surface area contributed by atoms with E-state index in [1.54, 1.807) is 4.90 Å². The number of rotatable bonds is 4. The van der Waals surface area contributed by atoms with Gasteiger partial charge >= 0.3 is 6.03 Å². The lowest BCUT2D eigenvalue weighted by Crippen LogP contribution is -2.44. The molecular formula is C16H27N3O3. The third kappa shape index (κ3) is 4.21. The van der Waals surface area contributed by atoms with E-state index in [-0.39, 0.29) is 18.4 Å². The summed E-state index contributed by atoms with van der Waals surface area (Å²) < 4.78 is 0. The van der Waals surface area contributed by atoms with Gasteiger partial charge in [-0.3, -0.25) is 14.5 Å². The number of carbonyl (C=O) groups excluding carboxylic acids is 3. The van der Waals surface area contributed by atoms with Crippen molar-refractivity contribution < 1.29 is 14.4 Å². The molecule has 0 saturated carbocycles. The van der Waals surface area contributed by atoms with Crippen LogP contribution in [0.5, 0.6) is 0 Å². The molecule has 2 rings (SSSR count). The fourth-order valence-electron chi connectivity index (χ4n) is 3.09. The fourth-order valence-corrected chi connectivity index (χ4v) is 3.09. The highest BCUT2D eigenvalue weighted by Gasteiger charge is 2.39. The average molecular weight is 309 g/mol. The first-order valence-electron chi connectivity index (χ1n) is 8.38. The molecule has 0 aromatic carbocycles. The number of carbonyl (C=O) groups is 3. The Bertz CT molecular complexity index is 428. The van der Waals surface area contributed by atoms with Gasteiger partial charge in [0.25, 0.3) is 5.91 Å². The summed E-state index contributed by atoms with van der Waals surface area (Å²) in [4.78, 5) is 39.5. The molecule has 0 aromatic heterocycles. The Hall–Kier alpha value is -1.59. The van der Waals surface area contributed by atoms with Crippen molar-refractivity contribution >= 4 is 17.8 Å². The third-order valence-electron chi connectivity index (χ3n) is 4.32. The van der Waals surface area contributed by atoms with Gasteiger partial charge in [0, 0.05) is 13.1 Å². The predicted molar refractivity (Wildman–Crippen MR) is 83.2 cm³/mol. The molecule has 6 nitrogen and oxygen atoms in total. The predicted octanol–water partition coefficient (Wildman–Crippen LogP) is 1.75. The summed E-state index contributed by atoms with van der Waals surface area (Å²) in [6.45, 7) is 5.36. The van der Waals surface area contributed by atoms with Gasteiger partial charge in [-0.2, -0.15) is 0 Å². The Labute approximate surface area is 132 Å². The fraction of sp³-hybridized carbons (Fsp3) is 0.812. The number of amides is 4. The number of imide groups is 1. The largest absolute Gasteiger partial charge is 0.341 e. The molecule has 2 saturated heterocycles. The Morgan fingerprint density at radius 3 is 2.32 bits per heavy atom. The number of nitrogens with one attached hydrogen (secondary N) is 1. The monoisotopic (exact) mass is 309 g/mol. The molecule has 1 N–H and O–H groups in total. The topological polar surface area (TPSA) is 69.7 Å². The van der Waals surface area contributed by atoms with Crippen molar-refractivity contribution in [1.29, 1.82) is 0 Å². The Kier molecular flexibility index (Phi) is 5.80. The summed E-state index contributed by atoms with van der Waals surface area (Å²) in [6, 6.07) is -0.913. The van der Waals surface area contributed by atoms with Crippen molar-refractivity contribution in [3.05, 3.63) is 0 Å². The van der Waals surface area contributed by atoms with Gasteiger partial charge in [0.15, 0.2) is 0 Å². The number of nitrogens with zero attached hydrogens (tertiary/aromatic N) is 2. The van der Waals surface area contributed by atoms with E-state index in [9.17, 15) is 14.4 Å². The number of hydrogen-bond acceptors (Lipinski definition) is 3. The maximum Gasteiger partial charge on any atom is 0.325 e. The molecule has 2 aliphatic rings. The van der Waals surface area contributed by atoms with Gasteiger partial charge in [0.2, 0.25) is 5.91 Å². The van der Waals surface area contributed by atoms with Gasteiger partial charge in [-0.05, 0) is 25.2 Å². The van der Waals surface area contributed by atoms with Crippen molar-refractivity contribution in [3.8, 4) is 0 Å². The van der Waals surface area contributed by atoms with Gasteiger partial charge in [0.05, 0.1) is 0 Å². The minimum atomic E-state index is -0.479. The lowest BCUT2D eigenvalue weighted by Gasteiger charge is -2.26. The summed E-state index contributed by atoms with van der Waals surface area (Å²) >= 11 is 0. The van der Waals surface area contributed by atoms with Gasteiger partial charge in [-0.25, -0.2) is 4.79 Å². The summed E-state index contributed by atoms with van der Waals surface area (Å²) in [6.07, 6.45) is 6.13. The van der Waals surface area contributed by atoms with E-state index >= 15 is 0 Å². The molecule has 0 spiro atoms. The molecule has 0 aromatic rings. The molecule has 22 heavy (non-hydrogen) atoms. The van der Waals surface area contributed by atoms with E-state index in [0.717, 1.165) is 43.7 Å². The number of likely N-dealkylation sites (tertiary alicyclic amines) is 1. The highest BCUT2D eigenvalue weighted by molar-refractivity contribution is 6.06. The second-order valence-electron chi connectivity index (χ2n) is 6.70.